The van der Waals surface area contributed by atoms with E-state index in [-0.39, 0.29) is 6.54 Å². The van der Waals surface area contributed by atoms with E-state index in [2.05, 4.69) is 5.32 Å². The van der Waals surface area contributed by atoms with Gasteiger partial charge in [-0.25, -0.2) is 0 Å². The predicted molar refractivity (Wildman–Crippen MR) is 45.9 cm³/mol. The number of carbonyl (C=O) groups excluding carboxylic acids is 2. The molecule has 0 aromatic rings. The maximum atomic E-state index is 10.6. The Hall–Kier alpha value is -1.10. The lowest BCUT2D eigenvalue weighted by atomic mass is 10.5. The number of hydrogen-bond acceptors (Lipinski definition) is 4. The summed E-state index contributed by atoms with van der Waals surface area (Å²) in [5, 5.41) is 2.38. The number of rotatable bonds is 7. The molecule has 0 aromatic carbocycles. The monoisotopic (exact) mass is 189 g/mol. The van der Waals surface area contributed by atoms with Gasteiger partial charge in [0.05, 0.1) is 13.2 Å². The number of ether oxygens (including phenoxy) is 2. The third-order valence-corrected chi connectivity index (χ3v) is 1.17. The van der Waals surface area contributed by atoms with Crippen LogP contribution in [0.4, 0.5) is 0 Å². The van der Waals surface area contributed by atoms with Crippen LogP contribution in [0, 0.1) is 0 Å². The summed E-state index contributed by atoms with van der Waals surface area (Å²) in [5.41, 5.74) is 0. The lowest BCUT2D eigenvalue weighted by Gasteiger charge is -2.16. The molecular formula is C8H15NO4. The van der Waals surface area contributed by atoms with Crippen LogP contribution in [0.5, 0.6) is 0 Å². The maximum Gasteiger partial charge on any atom is 0.305 e. The summed E-state index contributed by atoms with van der Waals surface area (Å²) in [6, 6.07) is 0. The molecule has 0 spiro atoms. The van der Waals surface area contributed by atoms with Gasteiger partial charge in [0.1, 0.15) is 0 Å². The van der Waals surface area contributed by atoms with Gasteiger partial charge in [-0.1, -0.05) is 6.92 Å². The van der Waals surface area contributed by atoms with Crippen LogP contribution in [0.2, 0.25) is 0 Å². The first kappa shape index (κ1) is 11.9. The molecule has 1 atom stereocenters. The van der Waals surface area contributed by atoms with Gasteiger partial charge < -0.3 is 14.8 Å². The molecule has 13 heavy (non-hydrogen) atoms. The number of esters is 1. The van der Waals surface area contributed by atoms with Crippen molar-refractivity contribution in [3.05, 3.63) is 0 Å². The van der Waals surface area contributed by atoms with Crippen LogP contribution in [-0.2, 0) is 19.1 Å². The molecular weight excluding hydrogens is 174 g/mol. The molecule has 0 saturated carbocycles. The van der Waals surface area contributed by atoms with Gasteiger partial charge in [0.15, 0.2) is 0 Å². The Bertz CT molecular complexity index is 160. The van der Waals surface area contributed by atoms with Gasteiger partial charge in [-0.2, -0.15) is 0 Å². The summed E-state index contributed by atoms with van der Waals surface area (Å²) in [4.78, 5) is 20.5. The third-order valence-electron chi connectivity index (χ3n) is 1.17. The van der Waals surface area contributed by atoms with Crippen molar-refractivity contribution >= 4 is 12.4 Å². The fraction of sp³-hybridized carbons (Fsp3) is 0.750. The van der Waals surface area contributed by atoms with Crippen molar-refractivity contribution in [3.8, 4) is 0 Å². The number of amides is 1. The van der Waals surface area contributed by atoms with E-state index < -0.39 is 12.3 Å². The first-order valence-electron chi connectivity index (χ1n) is 4.16. The summed E-state index contributed by atoms with van der Waals surface area (Å²) in [6.45, 7) is 3.92. The number of hydrogen-bond donors (Lipinski definition) is 1. The molecule has 0 rings (SSSR count). The van der Waals surface area contributed by atoms with Crippen molar-refractivity contribution in [2.24, 2.45) is 0 Å². The Morgan fingerprint density at radius 1 is 1.62 bits per heavy atom. The zero-order valence-electron chi connectivity index (χ0n) is 7.91. The van der Waals surface area contributed by atoms with Gasteiger partial charge in [-0.15, -0.1) is 0 Å². The Morgan fingerprint density at radius 3 is 2.77 bits per heavy atom. The van der Waals surface area contributed by atoms with E-state index in [0.717, 1.165) is 6.42 Å². The normalized spacial score (nSPS) is 11.8. The van der Waals surface area contributed by atoms with Crippen molar-refractivity contribution < 1.29 is 19.1 Å². The molecule has 0 aromatic heterocycles. The van der Waals surface area contributed by atoms with Gasteiger partial charge >= 0.3 is 5.97 Å². The smallest absolute Gasteiger partial charge is 0.305 e. The highest BCUT2D eigenvalue weighted by Crippen LogP contribution is 1.95. The van der Waals surface area contributed by atoms with Gasteiger partial charge in [0.2, 0.25) is 12.7 Å². The highest BCUT2D eigenvalue weighted by Gasteiger charge is 2.10. The standard InChI is InChI=1S/C8H15NO4/c1-3-4-12-8(5-9-6-10)13-7(2)11/h6,8H,3-5H2,1-2H3,(H,9,10)/t8-/m0/s1. The zero-order chi connectivity index (χ0) is 10.1. The zero-order valence-corrected chi connectivity index (χ0v) is 7.91. The largest absolute Gasteiger partial charge is 0.434 e. The lowest BCUT2D eigenvalue weighted by Crippen LogP contribution is -2.32. The molecule has 1 N–H and O–H groups in total. The maximum absolute atomic E-state index is 10.6. The van der Waals surface area contributed by atoms with Crippen LogP contribution in [0.3, 0.4) is 0 Å². The summed E-state index contributed by atoms with van der Waals surface area (Å²) < 4.78 is 9.91. The first-order valence-corrected chi connectivity index (χ1v) is 4.16. The van der Waals surface area contributed by atoms with E-state index in [1.54, 1.807) is 0 Å². The Labute approximate surface area is 77.4 Å². The van der Waals surface area contributed by atoms with Crippen LogP contribution in [0.15, 0.2) is 0 Å². The SMILES string of the molecule is CCCO[C@H](CNC=O)OC(C)=O. The summed E-state index contributed by atoms with van der Waals surface area (Å²) in [5.74, 6) is -0.422. The van der Waals surface area contributed by atoms with Crippen LogP contribution in [-0.4, -0.2) is 31.8 Å². The number of nitrogens with one attached hydrogen (secondary N) is 1. The first-order chi connectivity index (χ1) is 6.20. The summed E-state index contributed by atoms with van der Waals surface area (Å²) in [7, 11) is 0. The highest BCUT2D eigenvalue weighted by molar-refractivity contribution is 5.66. The molecule has 0 bridgehead atoms. The van der Waals surface area contributed by atoms with Crippen molar-refractivity contribution in [2.45, 2.75) is 26.6 Å². The van der Waals surface area contributed by atoms with Gasteiger partial charge in [-0.05, 0) is 6.42 Å². The minimum Gasteiger partial charge on any atom is -0.434 e. The molecule has 0 aliphatic heterocycles. The Balaban J connectivity index is 3.72. The molecule has 0 aliphatic rings. The second-order valence-corrected chi connectivity index (χ2v) is 2.44. The fourth-order valence-corrected chi connectivity index (χ4v) is 0.713. The topological polar surface area (TPSA) is 64.6 Å². The second-order valence-electron chi connectivity index (χ2n) is 2.44. The molecule has 0 radical (unpaired) electrons. The van der Waals surface area contributed by atoms with Gasteiger partial charge in [0.25, 0.3) is 0 Å². The molecule has 76 valence electrons. The molecule has 0 unspecified atom stereocenters. The van der Waals surface area contributed by atoms with E-state index in [1.165, 1.54) is 6.92 Å². The summed E-state index contributed by atoms with van der Waals surface area (Å²) >= 11 is 0. The highest BCUT2D eigenvalue weighted by atomic mass is 16.7. The van der Waals surface area contributed by atoms with Gasteiger partial charge in [-0.3, -0.25) is 9.59 Å². The predicted octanol–water partition coefficient (Wildman–Crippen LogP) is 0.0482. The van der Waals surface area contributed by atoms with Crippen molar-refractivity contribution in [1.82, 2.24) is 5.32 Å². The molecule has 0 fully saturated rings. The fourth-order valence-electron chi connectivity index (χ4n) is 0.713. The molecule has 0 heterocycles. The quantitative estimate of drug-likeness (QED) is 0.349. The molecule has 5 heteroatoms. The molecule has 5 nitrogen and oxygen atoms in total. The van der Waals surface area contributed by atoms with Crippen LogP contribution < -0.4 is 5.32 Å². The molecule has 0 saturated heterocycles. The minimum atomic E-state index is -0.678. The van der Waals surface area contributed by atoms with Crippen LogP contribution in [0.25, 0.3) is 0 Å². The average Bonchev–Trinajstić information content (AvgIpc) is 2.09. The van der Waals surface area contributed by atoms with Crippen LogP contribution in [0.1, 0.15) is 20.3 Å². The average molecular weight is 189 g/mol. The van der Waals surface area contributed by atoms with E-state index in [0.29, 0.717) is 13.0 Å². The van der Waals surface area contributed by atoms with E-state index in [1.807, 2.05) is 6.92 Å². The van der Waals surface area contributed by atoms with E-state index >= 15 is 0 Å². The van der Waals surface area contributed by atoms with E-state index in [4.69, 9.17) is 9.47 Å². The third kappa shape index (κ3) is 7.27. The molecule has 1 amide bonds. The Morgan fingerprint density at radius 2 is 2.31 bits per heavy atom. The number of carbonyl (C=O) groups is 2. The van der Waals surface area contributed by atoms with Crippen LogP contribution >= 0.6 is 0 Å². The second kappa shape index (κ2) is 7.54. The molecule has 0 aliphatic carbocycles. The van der Waals surface area contributed by atoms with E-state index in [9.17, 15) is 9.59 Å². The lowest BCUT2D eigenvalue weighted by molar-refractivity contribution is -0.175. The minimum absolute atomic E-state index is 0.184. The Kier molecular flexibility index (Phi) is 6.91. The van der Waals surface area contributed by atoms with Crippen molar-refractivity contribution in [1.29, 1.82) is 0 Å². The van der Waals surface area contributed by atoms with Crippen molar-refractivity contribution in [3.63, 3.8) is 0 Å². The summed E-state index contributed by atoms with van der Waals surface area (Å²) in [6.07, 6.45) is 0.688. The van der Waals surface area contributed by atoms with Gasteiger partial charge in [0, 0.05) is 6.92 Å². The van der Waals surface area contributed by atoms with Crippen molar-refractivity contribution in [2.75, 3.05) is 13.2 Å².